The molecule has 5 nitrogen and oxygen atoms in total. The molecule has 0 spiro atoms. The summed E-state index contributed by atoms with van der Waals surface area (Å²) in [7, 11) is -3.59. The van der Waals surface area contributed by atoms with Gasteiger partial charge in [-0.3, -0.25) is 4.79 Å². The van der Waals surface area contributed by atoms with Gasteiger partial charge in [0, 0.05) is 23.5 Å². The second-order valence-electron chi connectivity index (χ2n) is 5.05. The van der Waals surface area contributed by atoms with E-state index in [1.807, 2.05) is 13.0 Å². The highest BCUT2D eigenvalue weighted by molar-refractivity contribution is 7.89. The molecule has 130 valence electrons. The second-order valence-corrected chi connectivity index (χ2v) is 8.62. The number of carbonyl (C=O) groups excluding carboxylic acids is 1. The number of thiophene rings is 1. The van der Waals surface area contributed by atoms with Gasteiger partial charge in [0.15, 0.2) is 0 Å². The molecule has 1 aromatic carbocycles. The highest BCUT2D eigenvalue weighted by Gasteiger charge is 2.19. The van der Waals surface area contributed by atoms with Crippen molar-refractivity contribution < 1.29 is 13.2 Å². The Balaban J connectivity index is 2.24. The molecule has 0 radical (unpaired) electrons. The van der Waals surface area contributed by atoms with E-state index in [0.29, 0.717) is 29.5 Å². The molecule has 2 rings (SSSR count). The summed E-state index contributed by atoms with van der Waals surface area (Å²) in [5.74, 6) is -0.212. The largest absolute Gasteiger partial charge is 0.334 e. The first-order valence-electron chi connectivity index (χ1n) is 7.50. The quantitative estimate of drug-likeness (QED) is 0.793. The number of nitrogens with zero attached hydrogens (tertiary/aromatic N) is 1. The molecule has 0 aliphatic rings. The zero-order chi connectivity index (χ0) is 17.7. The molecule has 1 amide bonds. The maximum absolute atomic E-state index is 12.7. The van der Waals surface area contributed by atoms with Gasteiger partial charge < -0.3 is 4.90 Å². The number of nitrogens with one attached hydrogen (secondary N) is 1. The summed E-state index contributed by atoms with van der Waals surface area (Å²) in [5.41, 5.74) is 0.346. The average Bonchev–Trinajstić information content (AvgIpc) is 2.97. The lowest BCUT2D eigenvalue weighted by Gasteiger charge is -2.20. The van der Waals surface area contributed by atoms with E-state index in [0.717, 1.165) is 4.88 Å². The van der Waals surface area contributed by atoms with Crippen molar-refractivity contribution in [1.82, 2.24) is 9.62 Å². The van der Waals surface area contributed by atoms with Crippen molar-refractivity contribution in [3.63, 3.8) is 0 Å². The van der Waals surface area contributed by atoms with Crippen LogP contribution in [0.1, 0.15) is 29.1 Å². The van der Waals surface area contributed by atoms with E-state index in [2.05, 4.69) is 4.72 Å². The SMILES string of the molecule is CCNS(=O)(=O)c1cccc(C(=O)N(CC)Cc2ccc(Cl)s2)c1. The van der Waals surface area contributed by atoms with E-state index in [4.69, 9.17) is 11.6 Å². The van der Waals surface area contributed by atoms with E-state index in [9.17, 15) is 13.2 Å². The standard InChI is InChI=1S/C16H19ClN2O3S2/c1-3-18-24(21,22)14-7-5-6-12(10-14)16(20)19(4-2)11-13-8-9-15(17)23-13/h5-10,18H,3-4,11H2,1-2H3. The summed E-state index contributed by atoms with van der Waals surface area (Å²) in [6.45, 7) is 4.83. The summed E-state index contributed by atoms with van der Waals surface area (Å²) in [4.78, 5) is 15.4. The van der Waals surface area contributed by atoms with Crippen molar-refractivity contribution in [1.29, 1.82) is 0 Å². The molecular formula is C16H19ClN2O3S2. The Morgan fingerprint density at radius 3 is 2.58 bits per heavy atom. The van der Waals surface area contributed by atoms with Crippen LogP contribution >= 0.6 is 22.9 Å². The fraction of sp³-hybridized carbons (Fsp3) is 0.312. The zero-order valence-corrected chi connectivity index (χ0v) is 15.8. The Hall–Kier alpha value is -1.41. The summed E-state index contributed by atoms with van der Waals surface area (Å²) in [6.07, 6.45) is 0. The summed E-state index contributed by atoms with van der Waals surface area (Å²) >= 11 is 7.35. The van der Waals surface area contributed by atoms with Crippen molar-refractivity contribution in [3.8, 4) is 0 Å². The molecule has 1 heterocycles. The second kappa shape index (κ2) is 8.11. The van der Waals surface area contributed by atoms with Crippen LogP contribution in [0.5, 0.6) is 0 Å². The highest BCUT2D eigenvalue weighted by Crippen LogP contribution is 2.23. The van der Waals surface area contributed by atoms with Gasteiger partial charge in [-0.15, -0.1) is 11.3 Å². The number of hydrogen-bond acceptors (Lipinski definition) is 4. The van der Waals surface area contributed by atoms with Crippen LogP contribution in [-0.4, -0.2) is 32.3 Å². The molecule has 0 unspecified atom stereocenters. The van der Waals surface area contributed by atoms with Crippen molar-refractivity contribution in [2.24, 2.45) is 0 Å². The molecule has 0 saturated carbocycles. The van der Waals surface area contributed by atoms with E-state index in [-0.39, 0.29) is 10.8 Å². The molecule has 0 atom stereocenters. The Morgan fingerprint density at radius 1 is 1.25 bits per heavy atom. The van der Waals surface area contributed by atoms with Crippen molar-refractivity contribution in [2.45, 2.75) is 25.3 Å². The van der Waals surface area contributed by atoms with Gasteiger partial charge in [-0.1, -0.05) is 24.6 Å². The van der Waals surface area contributed by atoms with Crippen LogP contribution in [0.4, 0.5) is 0 Å². The lowest BCUT2D eigenvalue weighted by atomic mass is 10.2. The number of hydrogen-bond donors (Lipinski definition) is 1. The average molecular weight is 387 g/mol. The predicted molar refractivity (Wildman–Crippen MR) is 97.0 cm³/mol. The maximum atomic E-state index is 12.7. The summed E-state index contributed by atoms with van der Waals surface area (Å²) in [6, 6.07) is 9.76. The van der Waals surface area contributed by atoms with Crippen molar-refractivity contribution in [3.05, 3.63) is 51.2 Å². The third-order valence-corrected chi connectivity index (χ3v) is 6.13. The van der Waals surface area contributed by atoms with E-state index < -0.39 is 10.0 Å². The van der Waals surface area contributed by atoms with Crippen LogP contribution in [0.3, 0.4) is 0 Å². The first-order valence-corrected chi connectivity index (χ1v) is 10.2. The summed E-state index contributed by atoms with van der Waals surface area (Å²) < 4.78 is 27.3. The molecule has 0 saturated heterocycles. The first kappa shape index (κ1) is 18.9. The minimum Gasteiger partial charge on any atom is -0.334 e. The molecule has 8 heteroatoms. The van der Waals surface area contributed by atoms with Crippen molar-refractivity contribution >= 4 is 38.9 Å². The predicted octanol–water partition coefficient (Wildman–Crippen LogP) is 3.36. The van der Waals surface area contributed by atoms with Gasteiger partial charge in [-0.2, -0.15) is 0 Å². The minimum absolute atomic E-state index is 0.0884. The van der Waals surface area contributed by atoms with E-state index in [1.165, 1.54) is 23.5 Å². The maximum Gasteiger partial charge on any atom is 0.254 e. The number of carbonyl (C=O) groups is 1. The number of rotatable bonds is 7. The molecular weight excluding hydrogens is 368 g/mol. The van der Waals surface area contributed by atoms with Gasteiger partial charge >= 0.3 is 0 Å². The fourth-order valence-corrected chi connectivity index (χ4v) is 4.39. The van der Waals surface area contributed by atoms with Crippen molar-refractivity contribution in [2.75, 3.05) is 13.1 Å². The fourth-order valence-electron chi connectivity index (χ4n) is 2.20. The summed E-state index contributed by atoms with van der Waals surface area (Å²) in [5, 5.41) is 0. The number of amides is 1. The minimum atomic E-state index is -3.59. The van der Waals surface area contributed by atoms with Crippen LogP contribution in [0.15, 0.2) is 41.3 Å². The van der Waals surface area contributed by atoms with Crippen LogP contribution in [0.2, 0.25) is 4.34 Å². The number of halogens is 1. The zero-order valence-electron chi connectivity index (χ0n) is 13.5. The lowest BCUT2D eigenvalue weighted by Crippen LogP contribution is -2.30. The molecule has 1 N–H and O–H groups in total. The van der Waals surface area contributed by atoms with Gasteiger partial charge in [-0.25, -0.2) is 13.1 Å². The molecule has 0 fully saturated rings. The molecule has 1 aromatic heterocycles. The van der Waals surface area contributed by atoms with E-state index >= 15 is 0 Å². The number of benzene rings is 1. The van der Waals surface area contributed by atoms with Crippen LogP contribution in [0, 0.1) is 0 Å². The van der Waals surface area contributed by atoms with Gasteiger partial charge in [0.05, 0.1) is 15.8 Å². The van der Waals surface area contributed by atoms with Crippen LogP contribution < -0.4 is 4.72 Å². The van der Waals surface area contributed by atoms with Gasteiger partial charge in [0.25, 0.3) is 5.91 Å². The third kappa shape index (κ3) is 4.57. The van der Waals surface area contributed by atoms with E-state index in [1.54, 1.807) is 30.0 Å². The monoisotopic (exact) mass is 386 g/mol. The van der Waals surface area contributed by atoms with Crippen LogP contribution in [-0.2, 0) is 16.6 Å². The highest BCUT2D eigenvalue weighted by atomic mass is 35.5. The smallest absolute Gasteiger partial charge is 0.254 e. The Morgan fingerprint density at radius 2 is 2.00 bits per heavy atom. The third-order valence-electron chi connectivity index (χ3n) is 3.37. The molecule has 0 aliphatic heterocycles. The van der Waals surface area contributed by atoms with Gasteiger partial charge in [0.2, 0.25) is 10.0 Å². The topological polar surface area (TPSA) is 66.5 Å². The lowest BCUT2D eigenvalue weighted by molar-refractivity contribution is 0.0754. The Labute approximate surface area is 151 Å². The normalized spacial score (nSPS) is 11.5. The van der Waals surface area contributed by atoms with Gasteiger partial charge in [-0.05, 0) is 37.3 Å². The molecule has 24 heavy (non-hydrogen) atoms. The molecule has 0 aliphatic carbocycles. The first-order chi connectivity index (χ1) is 11.4. The number of sulfonamides is 1. The van der Waals surface area contributed by atoms with Crippen LogP contribution in [0.25, 0.3) is 0 Å². The molecule has 0 bridgehead atoms. The van der Waals surface area contributed by atoms with Gasteiger partial charge in [0.1, 0.15) is 0 Å². The molecule has 2 aromatic rings. The Bertz CT molecular complexity index is 818. The Kier molecular flexibility index (Phi) is 6.40.